The summed E-state index contributed by atoms with van der Waals surface area (Å²) in [6.07, 6.45) is 0.549. The molecule has 2 aromatic rings. The van der Waals surface area contributed by atoms with Crippen LogP contribution in [0.4, 0.5) is 4.39 Å². The summed E-state index contributed by atoms with van der Waals surface area (Å²) in [6, 6.07) is 12.6. The number of amides is 1. The molecule has 6 nitrogen and oxygen atoms in total. The molecule has 0 spiro atoms. The first-order chi connectivity index (χ1) is 13.4. The lowest BCUT2D eigenvalue weighted by Crippen LogP contribution is -2.30. The molecule has 0 saturated heterocycles. The van der Waals surface area contributed by atoms with E-state index in [1.54, 1.807) is 36.4 Å². The molecule has 7 heteroatoms. The predicted molar refractivity (Wildman–Crippen MR) is 101 cm³/mol. The Labute approximate surface area is 162 Å². The molecule has 1 amide bonds. The zero-order valence-corrected chi connectivity index (χ0v) is 15.6. The van der Waals surface area contributed by atoms with Crippen molar-refractivity contribution in [3.05, 3.63) is 65.5 Å². The average Bonchev–Trinajstić information content (AvgIpc) is 2.68. The Hall–Kier alpha value is -3.22. The molecule has 0 aromatic heterocycles. The van der Waals surface area contributed by atoms with E-state index in [2.05, 4.69) is 5.32 Å². The summed E-state index contributed by atoms with van der Waals surface area (Å²) in [5.41, 5.74) is 1.48. The lowest BCUT2D eigenvalue weighted by atomic mass is 10.1. The van der Waals surface area contributed by atoms with Gasteiger partial charge >= 0.3 is 5.97 Å². The van der Waals surface area contributed by atoms with Gasteiger partial charge in [0.1, 0.15) is 11.6 Å². The maximum atomic E-state index is 12.8. The molecular weight excluding hydrogens is 365 g/mol. The first-order valence-corrected chi connectivity index (χ1v) is 8.84. The highest BCUT2D eigenvalue weighted by Gasteiger charge is 2.08. The van der Waals surface area contributed by atoms with Gasteiger partial charge in [0.2, 0.25) is 0 Å². The van der Waals surface area contributed by atoms with Crippen LogP contribution in [0, 0.1) is 5.82 Å². The standard InChI is InChI=1S/C21H22FNO5/c1-15(24)17-4-8-19(9-5-17)27-13-11-21(26)28-14-20(25)23-12-10-16-2-6-18(22)7-3-16/h2-9H,10-14H2,1H3,(H,23,25). The average molecular weight is 387 g/mol. The van der Waals surface area contributed by atoms with Gasteiger partial charge in [0, 0.05) is 12.1 Å². The molecule has 0 saturated carbocycles. The Morgan fingerprint density at radius 2 is 1.68 bits per heavy atom. The molecule has 0 aliphatic rings. The van der Waals surface area contributed by atoms with Gasteiger partial charge in [-0.05, 0) is 55.3 Å². The zero-order valence-electron chi connectivity index (χ0n) is 15.6. The van der Waals surface area contributed by atoms with Crippen LogP contribution in [0.25, 0.3) is 0 Å². The first-order valence-electron chi connectivity index (χ1n) is 8.84. The molecule has 0 atom stereocenters. The molecule has 148 valence electrons. The van der Waals surface area contributed by atoms with E-state index in [4.69, 9.17) is 9.47 Å². The maximum absolute atomic E-state index is 12.8. The summed E-state index contributed by atoms with van der Waals surface area (Å²) < 4.78 is 23.1. The Bertz CT molecular complexity index is 803. The van der Waals surface area contributed by atoms with E-state index in [1.165, 1.54) is 19.1 Å². The third kappa shape index (κ3) is 7.57. The van der Waals surface area contributed by atoms with E-state index in [1.807, 2.05) is 0 Å². The number of Topliss-reactive ketones (excluding diaryl/α,β-unsaturated/α-hetero) is 1. The second-order valence-corrected chi connectivity index (χ2v) is 6.07. The number of halogens is 1. The van der Waals surface area contributed by atoms with Gasteiger partial charge in [0.25, 0.3) is 5.91 Å². The quantitative estimate of drug-likeness (QED) is 0.501. The van der Waals surface area contributed by atoms with E-state index in [9.17, 15) is 18.8 Å². The van der Waals surface area contributed by atoms with Gasteiger partial charge in [-0.2, -0.15) is 0 Å². The third-order valence-electron chi connectivity index (χ3n) is 3.85. The van der Waals surface area contributed by atoms with Crippen molar-refractivity contribution in [2.75, 3.05) is 19.8 Å². The van der Waals surface area contributed by atoms with Gasteiger partial charge in [-0.25, -0.2) is 4.39 Å². The molecule has 0 radical (unpaired) electrons. The molecule has 0 bridgehead atoms. The van der Waals surface area contributed by atoms with Crippen LogP contribution >= 0.6 is 0 Å². The van der Waals surface area contributed by atoms with Crippen LogP contribution in [-0.2, 0) is 20.7 Å². The molecule has 0 heterocycles. The number of hydrogen-bond donors (Lipinski definition) is 1. The van der Waals surface area contributed by atoms with Crippen LogP contribution in [0.5, 0.6) is 5.75 Å². The molecule has 0 aliphatic carbocycles. The Morgan fingerprint density at radius 1 is 1.00 bits per heavy atom. The van der Waals surface area contributed by atoms with Crippen molar-refractivity contribution in [1.82, 2.24) is 5.32 Å². The number of rotatable bonds is 10. The van der Waals surface area contributed by atoms with Crippen LogP contribution in [-0.4, -0.2) is 37.4 Å². The van der Waals surface area contributed by atoms with E-state index in [0.717, 1.165) is 5.56 Å². The third-order valence-corrected chi connectivity index (χ3v) is 3.85. The Morgan fingerprint density at radius 3 is 2.32 bits per heavy atom. The number of nitrogens with one attached hydrogen (secondary N) is 1. The van der Waals surface area contributed by atoms with Gasteiger partial charge in [0.05, 0.1) is 13.0 Å². The number of ketones is 1. The second-order valence-electron chi connectivity index (χ2n) is 6.07. The van der Waals surface area contributed by atoms with Crippen molar-refractivity contribution < 1.29 is 28.2 Å². The normalized spacial score (nSPS) is 10.2. The van der Waals surface area contributed by atoms with Gasteiger partial charge < -0.3 is 14.8 Å². The van der Waals surface area contributed by atoms with Crippen LogP contribution in [0.2, 0.25) is 0 Å². The lowest BCUT2D eigenvalue weighted by molar-refractivity contribution is -0.149. The van der Waals surface area contributed by atoms with Gasteiger partial charge in [-0.1, -0.05) is 12.1 Å². The van der Waals surface area contributed by atoms with Crippen LogP contribution in [0.15, 0.2) is 48.5 Å². The minimum absolute atomic E-state index is 0.00266. The maximum Gasteiger partial charge on any atom is 0.309 e. The fraction of sp³-hybridized carbons (Fsp3) is 0.286. The van der Waals surface area contributed by atoms with Crippen molar-refractivity contribution >= 4 is 17.7 Å². The number of carbonyl (C=O) groups excluding carboxylic acids is 3. The zero-order chi connectivity index (χ0) is 20.4. The Kier molecular flexibility index (Phi) is 8.14. The minimum Gasteiger partial charge on any atom is -0.493 e. The lowest BCUT2D eigenvalue weighted by Gasteiger charge is -2.08. The van der Waals surface area contributed by atoms with E-state index < -0.39 is 11.9 Å². The summed E-state index contributed by atoms with van der Waals surface area (Å²) in [5, 5.41) is 2.63. The summed E-state index contributed by atoms with van der Waals surface area (Å²) in [7, 11) is 0. The molecule has 2 rings (SSSR count). The van der Waals surface area contributed by atoms with E-state index >= 15 is 0 Å². The molecular formula is C21H22FNO5. The molecule has 1 N–H and O–H groups in total. The predicted octanol–water partition coefficient (Wildman–Crippen LogP) is 2.70. The van der Waals surface area contributed by atoms with Crippen LogP contribution in [0.1, 0.15) is 29.3 Å². The highest BCUT2D eigenvalue weighted by Crippen LogP contribution is 2.12. The van der Waals surface area contributed by atoms with Crippen LogP contribution < -0.4 is 10.1 Å². The second kappa shape index (κ2) is 10.8. The van der Waals surface area contributed by atoms with Crippen molar-refractivity contribution in [3.8, 4) is 5.75 Å². The molecule has 28 heavy (non-hydrogen) atoms. The van der Waals surface area contributed by atoms with Crippen molar-refractivity contribution in [1.29, 1.82) is 0 Å². The summed E-state index contributed by atoms with van der Waals surface area (Å²) in [4.78, 5) is 34.5. The number of hydrogen-bond acceptors (Lipinski definition) is 5. The molecule has 0 fully saturated rings. The molecule has 0 unspecified atom stereocenters. The summed E-state index contributed by atoms with van der Waals surface area (Å²) in [6.45, 7) is 1.58. The highest BCUT2D eigenvalue weighted by atomic mass is 19.1. The number of ether oxygens (including phenoxy) is 2. The SMILES string of the molecule is CC(=O)c1ccc(OCCC(=O)OCC(=O)NCCc2ccc(F)cc2)cc1. The van der Waals surface area contributed by atoms with Gasteiger partial charge in [-0.15, -0.1) is 0 Å². The molecule has 0 aliphatic heterocycles. The van der Waals surface area contributed by atoms with E-state index in [-0.39, 0.29) is 31.2 Å². The Balaban J connectivity index is 1.57. The number of esters is 1. The van der Waals surface area contributed by atoms with E-state index in [0.29, 0.717) is 24.3 Å². The summed E-state index contributed by atoms with van der Waals surface area (Å²) >= 11 is 0. The number of benzene rings is 2. The summed E-state index contributed by atoms with van der Waals surface area (Å²) in [5.74, 6) is -0.760. The van der Waals surface area contributed by atoms with Crippen molar-refractivity contribution in [2.24, 2.45) is 0 Å². The fourth-order valence-electron chi connectivity index (χ4n) is 2.30. The number of carbonyl (C=O) groups is 3. The van der Waals surface area contributed by atoms with Gasteiger partial charge in [-0.3, -0.25) is 14.4 Å². The van der Waals surface area contributed by atoms with Crippen molar-refractivity contribution in [3.63, 3.8) is 0 Å². The highest BCUT2D eigenvalue weighted by molar-refractivity contribution is 5.94. The van der Waals surface area contributed by atoms with Crippen molar-refractivity contribution in [2.45, 2.75) is 19.8 Å². The minimum atomic E-state index is -0.547. The fourth-order valence-corrected chi connectivity index (χ4v) is 2.30. The monoisotopic (exact) mass is 387 g/mol. The first kappa shape index (κ1) is 21.1. The smallest absolute Gasteiger partial charge is 0.309 e. The van der Waals surface area contributed by atoms with Crippen LogP contribution in [0.3, 0.4) is 0 Å². The largest absolute Gasteiger partial charge is 0.493 e. The van der Waals surface area contributed by atoms with Gasteiger partial charge in [0.15, 0.2) is 12.4 Å². The topological polar surface area (TPSA) is 81.7 Å². The molecule has 2 aromatic carbocycles.